The lowest BCUT2D eigenvalue weighted by Gasteiger charge is -2.08. The molecule has 6 nitrogen and oxygen atoms in total. The van der Waals surface area contributed by atoms with Gasteiger partial charge in [-0.2, -0.15) is 5.26 Å². The minimum atomic E-state index is -0.695. The summed E-state index contributed by atoms with van der Waals surface area (Å²) >= 11 is 19.1. The fourth-order valence-electron chi connectivity index (χ4n) is 2.56. The van der Waals surface area contributed by atoms with Gasteiger partial charge in [0, 0.05) is 32.6 Å². The molecule has 0 spiro atoms. The number of benzene rings is 3. The smallest absolute Gasteiger partial charge is 0.270 e. The quantitative estimate of drug-likeness (QED) is 0.165. The van der Waals surface area contributed by atoms with Crippen molar-refractivity contribution in [2.75, 3.05) is 5.32 Å². The molecular formula is C22H12Cl3N3O3S. The van der Waals surface area contributed by atoms with Crippen molar-refractivity contribution >= 4 is 69.9 Å². The summed E-state index contributed by atoms with van der Waals surface area (Å²) in [4.78, 5) is 24.8. The highest BCUT2D eigenvalue weighted by molar-refractivity contribution is 7.99. The third-order valence-electron chi connectivity index (χ3n) is 4.09. The van der Waals surface area contributed by atoms with Gasteiger partial charge in [-0.25, -0.2) is 0 Å². The van der Waals surface area contributed by atoms with Crippen molar-refractivity contribution in [3.63, 3.8) is 0 Å². The number of nitrogens with one attached hydrogen (secondary N) is 1. The normalized spacial score (nSPS) is 11.0. The molecule has 0 aliphatic carbocycles. The van der Waals surface area contributed by atoms with E-state index in [1.54, 1.807) is 30.3 Å². The van der Waals surface area contributed by atoms with Gasteiger partial charge in [0.25, 0.3) is 11.6 Å². The molecule has 10 heteroatoms. The summed E-state index contributed by atoms with van der Waals surface area (Å²) in [6, 6.07) is 17.6. The number of rotatable bonds is 6. The summed E-state index contributed by atoms with van der Waals surface area (Å²) in [5.74, 6) is -0.695. The van der Waals surface area contributed by atoms with Gasteiger partial charge in [-0.05, 0) is 60.2 Å². The minimum Gasteiger partial charge on any atom is -0.321 e. The molecule has 1 amide bonds. The number of nitrogens with zero attached hydrogens (tertiary/aromatic N) is 2. The van der Waals surface area contributed by atoms with Crippen molar-refractivity contribution in [1.82, 2.24) is 0 Å². The Morgan fingerprint density at radius 3 is 2.38 bits per heavy atom. The monoisotopic (exact) mass is 503 g/mol. The van der Waals surface area contributed by atoms with Gasteiger partial charge in [0.15, 0.2) is 0 Å². The summed E-state index contributed by atoms with van der Waals surface area (Å²) in [5.41, 5.74) is 0.286. The third kappa shape index (κ3) is 6.02. The third-order valence-corrected chi connectivity index (χ3v) is 6.18. The van der Waals surface area contributed by atoms with Crippen LogP contribution in [0.2, 0.25) is 15.1 Å². The second-order valence-corrected chi connectivity index (χ2v) is 8.65. The maximum Gasteiger partial charge on any atom is 0.270 e. The number of carbonyl (C=O) groups excluding carboxylic acids is 1. The highest BCUT2D eigenvalue weighted by Crippen LogP contribution is 2.34. The Balaban J connectivity index is 1.96. The molecular weight excluding hydrogens is 493 g/mol. The highest BCUT2D eigenvalue weighted by Gasteiger charge is 2.15. The van der Waals surface area contributed by atoms with Crippen molar-refractivity contribution in [3.05, 3.63) is 97.0 Å². The van der Waals surface area contributed by atoms with Gasteiger partial charge < -0.3 is 5.32 Å². The number of nitriles is 1. The van der Waals surface area contributed by atoms with Crippen molar-refractivity contribution in [2.24, 2.45) is 0 Å². The summed E-state index contributed by atoms with van der Waals surface area (Å²) in [7, 11) is 0. The van der Waals surface area contributed by atoms with E-state index in [4.69, 9.17) is 34.8 Å². The van der Waals surface area contributed by atoms with Gasteiger partial charge in [-0.3, -0.25) is 14.9 Å². The van der Waals surface area contributed by atoms with E-state index in [0.717, 1.165) is 4.90 Å². The Bertz CT molecular complexity index is 1270. The van der Waals surface area contributed by atoms with Crippen LogP contribution in [0.1, 0.15) is 5.56 Å². The van der Waals surface area contributed by atoms with E-state index in [9.17, 15) is 20.2 Å². The first-order valence-corrected chi connectivity index (χ1v) is 10.8. The fourth-order valence-corrected chi connectivity index (χ4v) is 3.88. The molecule has 3 aromatic carbocycles. The van der Waals surface area contributed by atoms with Crippen molar-refractivity contribution in [2.45, 2.75) is 9.79 Å². The molecule has 0 heterocycles. The van der Waals surface area contributed by atoms with Crippen LogP contribution in [0.15, 0.2) is 76.0 Å². The first-order valence-electron chi connectivity index (χ1n) is 8.87. The van der Waals surface area contributed by atoms with Crippen molar-refractivity contribution < 1.29 is 9.72 Å². The second kappa shape index (κ2) is 10.5. The van der Waals surface area contributed by atoms with Crippen molar-refractivity contribution in [3.8, 4) is 6.07 Å². The van der Waals surface area contributed by atoms with Gasteiger partial charge in [-0.1, -0.05) is 46.6 Å². The lowest BCUT2D eigenvalue weighted by molar-refractivity contribution is -0.384. The molecule has 32 heavy (non-hydrogen) atoms. The Hall–Kier alpha value is -3.02. The molecule has 0 aromatic heterocycles. The topological polar surface area (TPSA) is 96.0 Å². The number of halogens is 3. The summed E-state index contributed by atoms with van der Waals surface area (Å²) < 4.78 is 0. The number of hydrogen-bond acceptors (Lipinski definition) is 5. The first-order chi connectivity index (χ1) is 15.3. The molecule has 0 fully saturated rings. The zero-order chi connectivity index (χ0) is 23.3. The molecule has 0 atom stereocenters. The van der Waals surface area contributed by atoms with Gasteiger partial charge in [-0.15, -0.1) is 0 Å². The fraction of sp³-hybridized carbons (Fsp3) is 0. The van der Waals surface area contributed by atoms with Crippen LogP contribution in [-0.2, 0) is 4.79 Å². The van der Waals surface area contributed by atoms with Crippen LogP contribution in [0, 0.1) is 21.4 Å². The van der Waals surface area contributed by atoms with Crippen LogP contribution in [0.5, 0.6) is 0 Å². The molecule has 160 valence electrons. The van der Waals surface area contributed by atoms with Crippen molar-refractivity contribution in [1.29, 1.82) is 5.26 Å². The lowest BCUT2D eigenvalue weighted by atomic mass is 10.1. The van der Waals surface area contributed by atoms with Gasteiger partial charge in [0.1, 0.15) is 11.6 Å². The Morgan fingerprint density at radius 2 is 1.75 bits per heavy atom. The van der Waals surface area contributed by atoms with E-state index in [0.29, 0.717) is 26.2 Å². The van der Waals surface area contributed by atoms with E-state index >= 15 is 0 Å². The molecule has 0 aliphatic heterocycles. The first kappa shape index (κ1) is 23.6. The predicted molar refractivity (Wildman–Crippen MR) is 127 cm³/mol. The minimum absolute atomic E-state index is 0.168. The van der Waals surface area contributed by atoms with Crippen LogP contribution in [-0.4, -0.2) is 10.8 Å². The summed E-state index contributed by atoms with van der Waals surface area (Å²) in [6.45, 7) is 0. The standard InChI is InChI=1S/C22H12Cl3N3O3S/c23-15-1-5-18(6-2-15)32-21-8-4-17(28(30)31)10-13(21)9-14(12-26)22(29)27-16-3-7-19(24)20(25)11-16/h1-11H,(H,27,29). The van der Waals surface area contributed by atoms with E-state index in [-0.39, 0.29) is 16.3 Å². The van der Waals surface area contributed by atoms with Gasteiger partial charge in [0.05, 0.1) is 15.0 Å². The zero-order valence-electron chi connectivity index (χ0n) is 16.0. The van der Waals surface area contributed by atoms with Crippen LogP contribution < -0.4 is 5.32 Å². The maximum absolute atomic E-state index is 12.6. The number of nitro groups is 1. The van der Waals surface area contributed by atoms with Gasteiger partial charge in [0.2, 0.25) is 0 Å². The van der Waals surface area contributed by atoms with Gasteiger partial charge >= 0.3 is 0 Å². The molecule has 0 radical (unpaired) electrons. The predicted octanol–water partition coefficient (Wildman–Crippen LogP) is 7.25. The van der Waals surface area contributed by atoms with E-state index < -0.39 is 10.8 Å². The number of non-ortho nitro benzene ring substituents is 1. The highest BCUT2D eigenvalue weighted by atomic mass is 35.5. The number of carbonyl (C=O) groups is 1. The number of nitro benzene ring substituents is 1. The second-order valence-electron chi connectivity index (χ2n) is 6.29. The molecule has 1 N–H and O–H groups in total. The van der Waals surface area contributed by atoms with E-state index in [2.05, 4.69) is 5.32 Å². The molecule has 0 bridgehead atoms. The SMILES string of the molecule is N#CC(=Cc1cc([N+](=O)[O-])ccc1Sc1ccc(Cl)cc1)C(=O)Nc1ccc(Cl)c(Cl)c1. The average Bonchev–Trinajstić information content (AvgIpc) is 2.76. The summed E-state index contributed by atoms with van der Waals surface area (Å²) in [6.07, 6.45) is 1.30. The summed E-state index contributed by atoms with van der Waals surface area (Å²) in [5, 5.41) is 24.5. The molecule has 0 saturated carbocycles. The molecule has 0 unspecified atom stereocenters. The molecule has 3 aromatic rings. The lowest BCUT2D eigenvalue weighted by Crippen LogP contribution is -2.13. The molecule has 0 aliphatic rings. The Labute approximate surface area is 202 Å². The maximum atomic E-state index is 12.6. The Morgan fingerprint density at radius 1 is 1.03 bits per heavy atom. The number of amides is 1. The average molecular weight is 505 g/mol. The van der Waals surface area contributed by atoms with Crippen LogP contribution >= 0.6 is 46.6 Å². The van der Waals surface area contributed by atoms with Crippen LogP contribution in [0.3, 0.4) is 0 Å². The zero-order valence-corrected chi connectivity index (χ0v) is 19.1. The number of hydrogen-bond donors (Lipinski definition) is 1. The molecule has 0 saturated heterocycles. The van der Waals surface area contributed by atoms with Crippen LogP contribution in [0.4, 0.5) is 11.4 Å². The van der Waals surface area contributed by atoms with E-state index in [1.807, 2.05) is 6.07 Å². The largest absolute Gasteiger partial charge is 0.321 e. The van der Waals surface area contributed by atoms with E-state index in [1.165, 1.54) is 48.2 Å². The Kier molecular flexibility index (Phi) is 7.78. The van der Waals surface area contributed by atoms with Crippen LogP contribution in [0.25, 0.3) is 6.08 Å². The molecule has 3 rings (SSSR count). The number of anilines is 1.